The van der Waals surface area contributed by atoms with Crippen LogP contribution in [0.5, 0.6) is 0 Å². The van der Waals surface area contributed by atoms with Gasteiger partial charge in [0.05, 0.1) is 26.3 Å². The van der Waals surface area contributed by atoms with Crippen molar-refractivity contribution in [2.75, 3.05) is 39.4 Å². The van der Waals surface area contributed by atoms with Gasteiger partial charge in [0, 0.05) is 0 Å². The topological polar surface area (TPSA) is 9.23 Å². The summed E-state index contributed by atoms with van der Waals surface area (Å²) in [5.74, 6) is 0. The molecule has 1 rings (SSSR count). The molecule has 0 amide bonds. The maximum atomic E-state index is 9.87. The van der Waals surface area contributed by atoms with Crippen LogP contribution in [-0.2, 0) is 4.74 Å². The second-order valence-corrected chi connectivity index (χ2v) is 6.32. The van der Waals surface area contributed by atoms with E-state index in [0.717, 1.165) is 13.2 Å². The third kappa shape index (κ3) is 12.4. The van der Waals surface area contributed by atoms with Crippen molar-refractivity contribution in [3.8, 4) is 0 Å². The molecule has 0 aromatic carbocycles. The fourth-order valence-corrected chi connectivity index (χ4v) is 1.90. The van der Waals surface area contributed by atoms with Crippen molar-refractivity contribution in [2.24, 2.45) is 0 Å². The van der Waals surface area contributed by atoms with Crippen molar-refractivity contribution in [3.63, 3.8) is 0 Å². The van der Waals surface area contributed by atoms with E-state index in [1.54, 1.807) is 0 Å². The number of hydrogen-bond donors (Lipinski definition) is 0. The molecule has 1 aliphatic rings. The van der Waals surface area contributed by atoms with Crippen LogP contribution in [0.1, 0.15) is 20.3 Å². The number of halogens is 6. The SMILES string of the molecule is CCC[N+]1(CC)CCOCC1.F[P-](F)(F)(F)(F)F. The molecular formula is C9H20F6NOP. The summed E-state index contributed by atoms with van der Waals surface area (Å²) >= 11 is 0. The van der Waals surface area contributed by atoms with Gasteiger partial charge in [-0.15, -0.1) is 0 Å². The summed E-state index contributed by atoms with van der Waals surface area (Å²) in [6, 6.07) is 0. The van der Waals surface area contributed by atoms with E-state index in [1.165, 1.54) is 37.1 Å². The van der Waals surface area contributed by atoms with Gasteiger partial charge in [-0.1, -0.05) is 6.92 Å². The summed E-state index contributed by atoms with van der Waals surface area (Å²) in [4.78, 5) is 0. The summed E-state index contributed by atoms with van der Waals surface area (Å²) in [6.07, 6.45) is 1.30. The van der Waals surface area contributed by atoms with Crippen LogP contribution in [0.2, 0.25) is 0 Å². The van der Waals surface area contributed by atoms with Gasteiger partial charge in [-0.25, -0.2) is 0 Å². The van der Waals surface area contributed by atoms with E-state index < -0.39 is 7.81 Å². The van der Waals surface area contributed by atoms with Gasteiger partial charge in [0.2, 0.25) is 0 Å². The maximum absolute atomic E-state index is 10.7. The molecule has 0 spiro atoms. The molecule has 18 heavy (non-hydrogen) atoms. The van der Waals surface area contributed by atoms with Crippen LogP contribution in [0.25, 0.3) is 0 Å². The molecule has 9 heteroatoms. The zero-order valence-corrected chi connectivity index (χ0v) is 11.4. The van der Waals surface area contributed by atoms with Gasteiger partial charge in [0.25, 0.3) is 0 Å². The minimum absolute atomic E-state index is 0.966. The molecule has 0 radical (unpaired) electrons. The average Bonchev–Trinajstić information content (AvgIpc) is 2.15. The summed E-state index contributed by atoms with van der Waals surface area (Å²) in [5.41, 5.74) is 0. The average molecular weight is 303 g/mol. The molecule has 0 aromatic rings. The van der Waals surface area contributed by atoms with Gasteiger partial charge in [-0.05, 0) is 13.3 Å². The molecular weight excluding hydrogens is 283 g/mol. The van der Waals surface area contributed by atoms with Crippen molar-refractivity contribution in [1.82, 2.24) is 0 Å². The van der Waals surface area contributed by atoms with Crippen molar-refractivity contribution in [1.29, 1.82) is 0 Å². The first kappa shape index (κ1) is 17.9. The molecule has 0 N–H and O–H groups in total. The van der Waals surface area contributed by atoms with E-state index in [2.05, 4.69) is 13.8 Å². The minimum atomic E-state index is -10.7. The van der Waals surface area contributed by atoms with E-state index in [9.17, 15) is 25.2 Å². The Morgan fingerprint density at radius 1 is 0.944 bits per heavy atom. The van der Waals surface area contributed by atoms with E-state index in [4.69, 9.17) is 4.74 Å². The molecule has 0 aliphatic carbocycles. The van der Waals surface area contributed by atoms with Crippen molar-refractivity contribution < 1.29 is 34.4 Å². The summed E-state index contributed by atoms with van der Waals surface area (Å²) in [7, 11) is -10.7. The third-order valence-corrected chi connectivity index (χ3v) is 2.79. The zero-order valence-electron chi connectivity index (χ0n) is 10.5. The van der Waals surface area contributed by atoms with Crippen LogP contribution in [0.4, 0.5) is 25.2 Å². The monoisotopic (exact) mass is 303 g/mol. The number of rotatable bonds is 3. The Morgan fingerprint density at radius 2 is 1.33 bits per heavy atom. The molecule has 0 aromatic heterocycles. The molecule has 0 unspecified atom stereocenters. The van der Waals surface area contributed by atoms with Gasteiger partial charge in [-0.3, -0.25) is 0 Å². The van der Waals surface area contributed by atoms with Gasteiger partial charge < -0.3 is 9.22 Å². The Hall–Kier alpha value is -0.0700. The molecule has 1 aliphatic heterocycles. The van der Waals surface area contributed by atoms with Crippen LogP contribution < -0.4 is 0 Å². The van der Waals surface area contributed by atoms with Crippen molar-refractivity contribution in [3.05, 3.63) is 0 Å². The quantitative estimate of drug-likeness (QED) is 0.419. The predicted molar refractivity (Wildman–Crippen MR) is 60.1 cm³/mol. The zero-order chi connectivity index (χ0) is 14.6. The van der Waals surface area contributed by atoms with Crippen LogP contribution in [0.15, 0.2) is 0 Å². The fraction of sp³-hybridized carbons (Fsp3) is 1.00. The second kappa shape index (κ2) is 5.13. The molecule has 114 valence electrons. The van der Waals surface area contributed by atoms with Crippen LogP contribution >= 0.6 is 7.81 Å². The van der Waals surface area contributed by atoms with Crippen LogP contribution in [-0.4, -0.2) is 43.9 Å². The number of nitrogens with zero attached hydrogens (tertiary/aromatic N) is 1. The van der Waals surface area contributed by atoms with E-state index in [0.29, 0.717) is 0 Å². The summed E-state index contributed by atoms with van der Waals surface area (Å²) in [5, 5.41) is 0. The first-order valence-electron chi connectivity index (χ1n) is 5.77. The number of likely N-dealkylation sites (N-methyl/N-ethyl adjacent to an activating group) is 1. The Balaban J connectivity index is 0.000000360. The van der Waals surface area contributed by atoms with E-state index >= 15 is 0 Å². The van der Waals surface area contributed by atoms with Gasteiger partial charge in [0.1, 0.15) is 13.1 Å². The normalized spacial score (nSPS) is 23.3. The molecule has 1 heterocycles. The molecule has 1 fully saturated rings. The molecule has 0 bridgehead atoms. The first-order valence-corrected chi connectivity index (χ1v) is 7.80. The molecule has 0 saturated carbocycles. The third-order valence-electron chi connectivity index (χ3n) is 2.79. The molecule has 1 saturated heterocycles. The Morgan fingerprint density at radius 3 is 1.61 bits per heavy atom. The van der Waals surface area contributed by atoms with E-state index in [-0.39, 0.29) is 0 Å². The van der Waals surface area contributed by atoms with E-state index in [1.807, 2.05) is 0 Å². The Kier molecular flexibility index (Phi) is 5.11. The van der Waals surface area contributed by atoms with Gasteiger partial charge in [-0.2, -0.15) is 0 Å². The van der Waals surface area contributed by atoms with Crippen molar-refractivity contribution in [2.45, 2.75) is 20.3 Å². The second-order valence-electron chi connectivity index (χ2n) is 4.40. The predicted octanol–water partition coefficient (Wildman–Crippen LogP) is 4.65. The number of morpholine rings is 1. The van der Waals surface area contributed by atoms with Crippen LogP contribution in [0, 0.1) is 0 Å². The number of ether oxygens (including phenoxy) is 1. The summed E-state index contributed by atoms with van der Waals surface area (Å²) in [6.45, 7) is 11.6. The fourth-order valence-electron chi connectivity index (χ4n) is 1.90. The summed E-state index contributed by atoms with van der Waals surface area (Å²) < 4.78 is 65.8. The number of quaternary nitrogens is 1. The Labute approximate surface area is 103 Å². The molecule has 0 atom stereocenters. The van der Waals surface area contributed by atoms with Gasteiger partial charge in [0.15, 0.2) is 0 Å². The Bertz CT molecular complexity index is 241. The van der Waals surface area contributed by atoms with Gasteiger partial charge >= 0.3 is 33.0 Å². The standard InChI is InChI=1S/C9H20NO.F6P/c1-3-5-10(4-2)6-8-11-9-7-10;1-7(2,3,4,5)6/h3-9H2,1-2H3;/q+1;-1. The molecule has 2 nitrogen and oxygen atoms in total. The first-order chi connectivity index (χ1) is 7.78. The number of hydrogen-bond acceptors (Lipinski definition) is 1. The van der Waals surface area contributed by atoms with Crippen molar-refractivity contribution >= 4 is 7.81 Å². The van der Waals surface area contributed by atoms with Crippen LogP contribution in [0.3, 0.4) is 0 Å².